The molecule has 0 saturated heterocycles. The largest absolute Gasteiger partial charge is 0.299 e. The van der Waals surface area contributed by atoms with Crippen molar-refractivity contribution >= 4 is 21.7 Å². The first-order valence-electron chi connectivity index (χ1n) is 6.32. The third-order valence-corrected chi connectivity index (χ3v) is 3.84. The van der Waals surface area contributed by atoms with E-state index in [1.807, 2.05) is 11.7 Å². The Kier molecular flexibility index (Phi) is 5.89. The summed E-state index contributed by atoms with van der Waals surface area (Å²) in [4.78, 5) is 11.8. The van der Waals surface area contributed by atoms with E-state index in [9.17, 15) is 4.79 Å². The van der Waals surface area contributed by atoms with Gasteiger partial charge in [-0.25, -0.2) is 0 Å². The molecule has 0 radical (unpaired) electrons. The molecular weight excluding hydrogens is 280 g/mol. The minimum atomic E-state index is 0.310. The van der Waals surface area contributed by atoms with E-state index >= 15 is 0 Å². The lowest BCUT2D eigenvalue weighted by molar-refractivity contribution is -0.118. The number of rotatable bonds is 7. The van der Waals surface area contributed by atoms with Crippen LogP contribution in [0.2, 0.25) is 0 Å². The predicted octanol–water partition coefficient (Wildman–Crippen LogP) is 3.44. The predicted molar refractivity (Wildman–Crippen MR) is 73.1 cm³/mol. The van der Waals surface area contributed by atoms with Crippen LogP contribution in [0.3, 0.4) is 0 Å². The number of Topliss-reactive ketones (excluding diaryl/α,β-unsaturated/α-hetero) is 1. The first-order chi connectivity index (χ1) is 8.10. The Balaban J connectivity index is 2.62. The molecule has 1 heterocycles. The van der Waals surface area contributed by atoms with Crippen LogP contribution < -0.4 is 0 Å². The highest BCUT2D eigenvalue weighted by atomic mass is 79.9. The van der Waals surface area contributed by atoms with Crippen molar-refractivity contribution in [1.82, 2.24) is 9.78 Å². The standard InChI is InChI=1S/C13H21BrN2O/c1-4-6-7-8-10(17)9-12-13(14)11(5-2)15-16(12)3/h4-9H2,1-3H3. The van der Waals surface area contributed by atoms with E-state index in [-0.39, 0.29) is 0 Å². The minimum absolute atomic E-state index is 0.310. The molecule has 0 amide bonds. The van der Waals surface area contributed by atoms with Crippen molar-refractivity contribution in [2.75, 3.05) is 0 Å². The Bertz CT molecular complexity index is 385. The molecule has 0 bridgehead atoms. The second-order valence-electron chi connectivity index (χ2n) is 4.36. The molecule has 0 aliphatic rings. The third kappa shape index (κ3) is 3.95. The van der Waals surface area contributed by atoms with Crippen molar-refractivity contribution in [3.8, 4) is 0 Å². The first-order valence-corrected chi connectivity index (χ1v) is 7.11. The van der Waals surface area contributed by atoms with Gasteiger partial charge in [0.15, 0.2) is 0 Å². The fraction of sp³-hybridized carbons (Fsp3) is 0.692. The van der Waals surface area contributed by atoms with Gasteiger partial charge >= 0.3 is 0 Å². The second-order valence-corrected chi connectivity index (χ2v) is 5.15. The van der Waals surface area contributed by atoms with Gasteiger partial charge in [0.2, 0.25) is 0 Å². The number of nitrogens with zero attached hydrogens (tertiary/aromatic N) is 2. The highest BCUT2D eigenvalue weighted by Gasteiger charge is 2.15. The van der Waals surface area contributed by atoms with Crippen LogP contribution >= 0.6 is 15.9 Å². The van der Waals surface area contributed by atoms with Gasteiger partial charge in [0.25, 0.3) is 0 Å². The summed E-state index contributed by atoms with van der Waals surface area (Å²) in [6.45, 7) is 4.22. The molecule has 0 N–H and O–H groups in total. The Morgan fingerprint density at radius 3 is 2.59 bits per heavy atom. The monoisotopic (exact) mass is 300 g/mol. The molecule has 3 nitrogen and oxygen atoms in total. The molecule has 1 aromatic heterocycles. The summed E-state index contributed by atoms with van der Waals surface area (Å²) in [6.07, 6.45) is 5.37. The summed E-state index contributed by atoms with van der Waals surface area (Å²) in [5.41, 5.74) is 2.03. The average molecular weight is 301 g/mol. The Morgan fingerprint density at radius 2 is 2.06 bits per heavy atom. The first kappa shape index (κ1) is 14.4. The fourth-order valence-electron chi connectivity index (χ4n) is 1.86. The number of unbranched alkanes of at least 4 members (excludes halogenated alkanes) is 2. The maximum absolute atomic E-state index is 11.8. The van der Waals surface area contributed by atoms with Gasteiger partial charge in [-0.3, -0.25) is 9.48 Å². The summed E-state index contributed by atoms with van der Waals surface area (Å²) in [6, 6.07) is 0. The molecule has 1 aromatic rings. The van der Waals surface area contributed by atoms with Crippen LogP contribution in [-0.4, -0.2) is 15.6 Å². The zero-order chi connectivity index (χ0) is 12.8. The number of aryl methyl sites for hydroxylation is 2. The van der Waals surface area contributed by atoms with Crippen molar-refractivity contribution < 1.29 is 4.79 Å². The third-order valence-electron chi connectivity index (χ3n) is 2.93. The van der Waals surface area contributed by atoms with Gasteiger partial charge < -0.3 is 0 Å². The van der Waals surface area contributed by atoms with Crippen LogP contribution in [0.25, 0.3) is 0 Å². The van der Waals surface area contributed by atoms with Gasteiger partial charge in [-0.15, -0.1) is 0 Å². The molecule has 0 aliphatic carbocycles. The number of carbonyl (C=O) groups excluding carboxylic acids is 1. The molecule has 4 heteroatoms. The molecule has 0 spiro atoms. The fourth-order valence-corrected chi connectivity index (χ4v) is 2.62. The van der Waals surface area contributed by atoms with Crippen LogP contribution in [0.1, 0.15) is 50.9 Å². The lowest BCUT2D eigenvalue weighted by atomic mass is 10.1. The zero-order valence-electron chi connectivity index (χ0n) is 10.9. The summed E-state index contributed by atoms with van der Waals surface area (Å²) in [5, 5.41) is 4.40. The summed E-state index contributed by atoms with van der Waals surface area (Å²) in [5.74, 6) is 0.310. The molecule has 96 valence electrons. The van der Waals surface area contributed by atoms with Gasteiger partial charge in [0, 0.05) is 19.9 Å². The summed E-state index contributed by atoms with van der Waals surface area (Å²) < 4.78 is 2.83. The number of ketones is 1. The van der Waals surface area contributed by atoms with Crippen LogP contribution in [0.4, 0.5) is 0 Å². The SMILES string of the molecule is CCCCCC(=O)Cc1c(Br)c(CC)nn1C. The number of hydrogen-bond acceptors (Lipinski definition) is 2. The molecule has 0 aromatic carbocycles. The van der Waals surface area contributed by atoms with Crippen molar-refractivity contribution in [3.63, 3.8) is 0 Å². The molecule has 1 rings (SSSR count). The zero-order valence-corrected chi connectivity index (χ0v) is 12.5. The van der Waals surface area contributed by atoms with Crippen molar-refractivity contribution in [2.24, 2.45) is 7.05 Å². The van der Waals surface area contributed by atoms with E-state index in [1.165, 1.54) is 0 Å². The quantitative estimate of drug-likeness (QED) is 0.723. The van der Waals surface area contributed by atoms with E-state index < -0.39 is 0 Å². The Morgan fingerprint density at radius 1 is 1.35 bits per heavy atom. The van der Waals surface area contributed by atoms with Gasteiger partial charge in [-0.1, -0.05) is 26.7 Å². The smallest absolute Gasteiger partial charge is 0.138 e. The van der Waals surface area contributed by atoms with E-state index in [0.29, 0.717) is 18.6 Å². The van der Waals surface area contributed by atoms with Gasteiger partial charge in [0.05, 0.1) is 15.9 Å². The van der Waals surface area contributed by atoms with Crippen molar-refractivity contribution in [2.45, 2.75) is 52.4 Å². The summed E-state index contributed by atoms with van der Waals surface area (Å²) >= 11 is 3.54. The summed E-state index contributed by atoms with van der Waals surface area (Å²) in [7, 11) is 1.90. The molecule has 0 saturated carbocycles. The molecule has 0 atom stereocenters. The van der Waals surface area contributed by atoms with E-state index in [1.54, 1.807) is 0 Å². The van der Waals surface area contributed by atoms with Crippen LogP contribution in [0.15, 0.2) is 4.47 Å². The topological polar surface area (TPSA) is 34.9 Å². The van der Waals surface area contributed by atoms with E-state index in [0.717, 1.165) is 41.5 Å². The van der Waals surface area contributed by atoms with Gasteiger partial charge in [0.1, 0.15) is 5.78 Å². The number of carbonyl (C=O) groups is 1. The Hall–Kier alpha value is -0.640. The van der Waals surface area contributed by atoms with E-state index in [2.05, 4.69) is 34.9 Å². The molecule has 0 unspecified atom stereocenters. The molecule has 17 heavy (non-hydrogen) atoms. The molecular formula is C13H21BrN2O. The Labute approximate surface area is 112 Å². The van der Waals surface area contributed by atoms with Crippen LogP contribution in [-0.2, 0) is 24.7 Å². The minimum Gasteiger partial charge on any atom is -0.299 e. The number of aromatic nitrogens is 2. The number of hydrogen-bond donors (Lipinski definition) is 0. The highest BCUT2D eigenvalue weighted by Crippen LogP contribution is 2.22. The van der Waals surface area contributed by atoms with Gasteiger partial charge in [-0.2, -0.15) is 5.10 Å². The van der Waals surface area contributed by atoms with Crippen LogP contribution in [0.5, 0.6) is 0 Å². The second kappa shape index (κ2) is 6.94. The van der Waals surface area contributed by atoms with E-state index in [4.69, 9.17) is 0 Å². The van der Waals surface area contributed by atoms with Crippen molar-refractivity contribution in [1.29, 1.82) is 0 Å². The van der Waals surface area contributed by atoms with Gasteiger partial charge in [-0.05, 0) is 28.8 Å². The van der Waals surface area contributed by atoms with Crippen molar-refractivity contribution in [3.05, 3.63) is 15.9 Å². The van der Waals surface area contributed by atoms with Crippen LogP contribution in [0, 0.1) is 0 Å². The average Bonchev–Trinajstić information content (AvgIpc) is 2.57. The molecule has 0 fully saturated rings. The lowest BCUT2D eigenvalue weighted by Gasteiger charge is -2.02. The normalized spacial score (nSPS) is 10.8. The molecule has 0 aliphatic heterocycles. The lowest BCUT2D eigenvalue weighted by Crippen LogP contribution is -2.07. The maximum atomic E-state index is 11.8. The highest BCUT2D eigenvalue weighted by molar-refractivity contribution is 9.10. The number of halogens is 1. The maximum Gasteiger partial charge on any atom is 0.138 e.